The second-order valence-electron chi connectivity index (χ2n) is 5.82. The molecule has 0 spiro atoms. The van der Waals surface area contributed by atoms with E-state index in [1.54, 1.807) is 20.1 Å². The van der Waals surface area contributed by atoms with Crippen LogP contribution in [0.1, 0.15) is 11.1 Å². The first-order valence-corrected chi connectivity index (χ1v) is 7.75. The normalized spacial score (nSPS) is 10.6. The van der Waals surface area contributed by atoms with Gasteiger partial charge in [0.25, 0.3) is 5.69 Å². The van der Waals surface area contributed by atoms with Crippen LogP contribution in [-0.4, -0.2) is 36.4 Å². The van der Waals surface area contributed by atoms with Crippen LogP contribution in [0, 0.1) is 17.0 Å². The molecule has 0 aliphatic rings. The predicted octanol–water partition coefficient (Wildman–Crippen LogP) is 2.98. The Bertz CT molecular complexity index is 759. The fraction of sp³-hybridized carbons (Fsp3) is 0.278. The third-order valence-corrected chi connectivity index (χ3v) is 3.72. The predicted molar refractivity (Wildman–Crippen MR) is 95.8 cm³/mol. The van der Waals surface area contributed by atoms with Crippen LogP contribution in [0.25, 0.3) is 0 Å². The number of rotatable bonds is 7. The molecule has 2 rings (SSSR count). The number of nitro benzene ring substituents is 1. The number of hydrogen-bond acceptors (Lipinski definition) is 5. The molecule has 0 heterocycles. The van der Waals surface area contributed by atoms with Crippen LogP contribution in [0.3, 0.4) is 0 Å². The van der Waals surface area contributed by atoms with Gasteiger partial charge in [0, 0.05) is 24.4 Å². The number of methoxy groups -OCH3 is 1. The lowest BCUT2D eigenvalue weighted by molar-refractivity contribution is -0.384. The zero-order valence-electron chi connectivity index (χ0n) is 14.5. The Balaban J connectivity index is 1.91. The van der Waals surface area contributed by atoms with Gasteiger partial charge in [-0.05, 0) is 43.3 Å². The molecule has 0 aliphatic heterocycles. The molecular formula is C18H21N3O4. The van der Waals surface area contributed by atoms with Crippen molar-refractivity contribution < 1.29 is 14.5 Å². The fourth-order valence-electron chi connectivity index (χ4n) is 2.44. The molecule has 0 fully saturated rings. The van der Waals surface area contributed by atoms with Crippen molar-refractivity contribution in [1.29, 1.82) is 0 Å². The first-order chi connectivity index (χ1) is 11.9. The van der Waals surface area contributed by atoms with Gasteiger partial charge in [-0.2, -0.15) is 0 Å². The van der Waals surface area contributed by atoms with Gasteiger partial charge in [-0.1, -0.05) is 12.1 Å². The number of carbonyl (C=O) groups excluding carboxylic acids is 1. The summed E-state index contributed by atoms with van der Waals surface area (Å²) in [5, 5.41) is 13.5. The van der Waals surface area contributed by atoms with Crippen LogP contribution in [0.2, 0.25) is 0 Å². The van der Waals surface area contributed by atoms with Crippen molar-refractivity contribution in [1.82, 2.24) is 4.90 Å². The van der Waals surface area contributed by atoms with Crippen molar-refractivity contribution >= 4 is 17.3 Å². The van der Waals surface area contributed by atoms with Crippen LogP contribution in [-0.2, 0) is 11.3 Å². The Morgan fingerprint density at radius 3 is 2.48 bits per heavy atom. The molecule has 1 N–H and O–H groups in total. The number of ether oxygens (including phenoxy) is 1. The van der Waals surface area contributed by atoms with Crippen LogP contribution < -0.4 is 10.1 Å². The Kier molecular flexibility index (Phi) is 6.08. The molecule has 0 saturated carbocycles. The summed E-state index contributed by atoms with van der Waals surface area (Å²) in [6, 6.07) is 12.0. The maximum Gasteiger partial charge on any atom is 0.269 e. The zero-order valence-corrected chi connectivity index (χ0v) is 14.5. The molecule has 132 valence electrons. The van der Waals surface area contributed by atoms with Crippen molar-refractivity contribution in [2.45, 2.75) is 13.5 Å². The number of carbonyl (C=O) groups is 1. The Morgan fingerprint density at radius 2 is 1.92 bits per heavy atom. The van der Waals surface area contributed by atoms with Crippen molar-refractivity contribution in [3.63, 3.8) is 0 Å². The summed E-state index contributed by atoms with van der Waals surface area (Å²) in [5.41, 5.74) is 2.31. The number of amides is 1. The van der Waals surface area contributed by atoms with E-state index in [4.69, 9.17) is 4.74 Å². The molecular weight excluding hydrogens is 322 g/mol. The number of nitro groups is 1. The molecule has 0 saturated heterocycles. The lowest BCUT2D eigenvalue weighted by atomic mass is 10.1. The molecule has 0 aliphatic carbocycles. The van der Waals surface area contributed by atoms with Crippen molar-refractivity contribution in [3.8, 4) is 5.75 Å². The topological polar surface area (TPSA) is 84.7 Å². The molecule has 7 nitrogen and oxygen atoms in total. The number of anilines is 1. The zero-order chi connectivity index (χ0) is 18.4. The van der Waals surface area contributed by atoms with E-state index in [9.17, 15) is 14.9 Å². The molecule has 0 aromatic heterocycles. The molecule has 2 aromatic carbocycles. The summed E-state index contributed by atoms with van der Waals surface area (Å²) < 4.78 is 5.12. The molecule has 0 radical (unpaired) electrons. The minimum absolute atomic E-state index is 0.00660. The number of hydrogen-bond donors (Lipinski definition) is 1. The van der Waals surface area contributed by atoms with Gasteiger partial charge in [0.2, 0.25) is 5.91 Å². The highest BCUT2D eigenvalue weighted by atomic mass is 16.6. The van der Waals surface area contributed by atoms with Gasteiger partial charge in [0.15, 0.2) is 0 Å². The fourth-order valence-corrected chi connectivity index (χ4v) is 2.44. The van der Waals surface area contributed by atoms with Crippen LogP contribution >= 0.6 is 0 Å². The standard InChI is InChI=1S/C18H21N3O4/c1-13-10-15(21(23)24)6-9-17(13)19-18(22)12-20(2)11-14-4-7-16(25-3)8-5-14/h4-10H,11-12H2,1-3H3,(H,19,22). The van der Waals surface area contributed by atoms with Crippen molar-refractivity contribution in [2.75, 3.05) is 26.0 Å². The molecule has 25 heavy (non-hydrogen) atoms. The van der Waals surface area contributed by atoms with Crippen molar-refractivity contribution in [2.24, 2.45) is 0 Å². The SMILES string of the molecule is COc1ccc(CN(C)CC(=O)Nc2ccc([N+](=O)[O-])cc2C)cc1. The smallest absolute Gasteiger partial charge is 0.269 e. The Morgan fingerprint density at radius 1 is 1.24 bits per heavy atom. The summed E-state index contributed by atoms with van der Waals surface area (Å²) in [7, 11) is 3.47. The molecule has 0 unspecified atom stereocenters. The summed E-state index contributed by atoms with van der Waals surface area (Å²) in [5.74, 6) is 0.616. The molecule has 0 bridgehead atoms. The van der Waals surface area contributed by atoms with E-state index < -0.39 is 4.92 Å². The van der Waals surface area contributed by atoms with E-state index in [-0.39, 0.29) is 18.1 Å². The highest BCUT2D eigenvalue weighted by Gasteiger charge is 2.12. The van der Waals surface area contributed by atoms with Gasteiger partial charge in [-0.25, -0.2) is 0 Å². The Hall–Kier alpha value is -2.93. The van der Waals surface area contributed by atoms with Gasteiger partial charge < -0.3 is 10.1 Å². The number of nitrogens with zero attached hydrogens (tertiary/aromatic N) is 2. The van der Waals surface area contributed by atoms with Gasteiger partial charge in [-0.15, -0.1) is 0 Å². The van der Waals surface area contributed by atoms with Gasteiger partial charge in [0.1, 0.15) is 5.75 Å². The summed E-state index contributed by atoms with van der Waals surface area (Å²) in [4.78, 5) is 24.4. The lowest BCUT2D eigenvalue weighted by Gasteiger charge is -2.17. The highest BCUT2D eigenvalue weighted by Crippen LogP contribution is 2.21. The van der Waals surface area contributed by atoms with E-state index in [1.165, 1.54) is 12.1 Å². The van der Waals surface area contributed by atoms with E-state index in [0.717, 1.165) is 11.3 Å². The highest BCUT2D eigenvalue weighted by molar-refractivity contribution is 5.93. The van der Waals surface area contributed by atoms with E-state index in [2.05, 4.69) is 5.32 Å². The summed E-state index contributed by atoms with van der Waals surface area (Å²) in [6.45, 7) is 2.56. The van der Waals surface area contributed by atoms with Crippen LogP contribution in [0.15, 0.2) is 42.5 Å². The van der Waals surface area contributed by atoms with Crippen LogP contribution in [0.5, 0.6) is 5.75 Å². The summed E-state index contributed by atoms with van der Waals surface area (Å²) >= 11 is 0. The van der Waals surface area contributed by atoms with E-state index >= 15 is 0 Å². The third-order valence-electron chi connectivity index (χ3n) is 3.72. The number of non-ortho nitro benzene ring substituents is 1. The minimum atomic E-state index is -0.457. The molecule has 0 atom stereocenters. The number of likely N-dealkylation sites (N-methyl/N-ethyl adjacent to an activating group) is 1. The van der Waals surface area contributed by atoms with Crippen LogP contribution in [0.4, 0.5) is 11.4 Å². The average Bonchev–Trinajstić information content (AvgIpc) is 2.57. The van der Waals surface area contributed by atoms with Gasteiger partial charge >= 0.3 is 0 Å². The largest absolute Gasteiger partial charge is 0.497 e. The van der Waals surface area contributed by atoms with E-state index in [1.807, 2.05) is 36.2 Å². The third kappa shape index (κ3) is 5.29. The van der Waals surface area contributed by atoms with Gasteiger partial charge in [0.05, 0.1) is 18.6 Å². The lowest BCUT2D eigenvalue weighted by Crippen LogP contribution is -2.30. The first kappa shape index (κ1) is 18.4. The maximum atomic E-state index is 12.2. The van der Waals surface area contributed by atoms with Gasteiger partial charge in [-0.3, -0.25) is 19.8 Å². The monoisotopic (exact) mass is 343 g/mol. The maximum absolute atomic E-state index is 12.2. The van der Waals surface area contributed by atoms with Crippen molar-refractivity contribution in [3.05, 3.63) is 63.7 Å². The molecule has 2 aromatic rings. The van der Waals surface area contributed by atoms with E-state index in [0.29, 0.717) is 17.8 Å². The average molecular weight is 343 g/mol. The second-order valence-corrected chi connectivity index (χ2v) is 5.82. The molecule has 1 amide bonds. The Labute approximate surface area is 146 Å². The number of nitrogens with one attached hydrogen (secondary N) is 1. The minimum Gasteiger partial charge on any atom is -0.497 e. The second kappa shape index (κ2) is 8.25. The number of benzene rings is 2. The summed E-state index contributed by atoms with van der Waals surface area (Å²) in [6.07, 6.45) is 0. The first-order valence-electron chi connectivity index (χ1n) is 7.75. The number of aryl methyl sites for hydroxylation is 1. The molecule has 7 heteroatoms. The quantitative estimate of drug-likeness (QED) is 0.617.